The van der Waals surface area contributed by atoms with Gasteiger partial charge in [-0.3, -0.25) is 0 Å². The van der Waals surface area contributed by atoms with Gasteiger partial charge >= 0.3 is 0 Å². The molecule has 0 fully saturated rings. The molecule has 0 saturated heterocycles. The Morgan fingerprint density at radius 1 is 1.00 bits per heavy atom. The zero-order valence-corrected chi connectivity index (χ0v) is 9.62. The maximum atomic E-state index is 2.38. The van der Waals surface area contributed by atoms with Gasteiger partial charge in [0.25, 0.3) is 0 Å². The lowest BCUT2D eigenvalue weighted by Gasteiger charge is -2.25. The SMILES string of the molecule is CCCCP(C(C)C)C(C)C. The average Bonchev–Trinajstić information content (AvgIpc) is 1.87. The van der Waals surface area contributed by atoms with E-state index < -0.39 is 0 Å². The second kappa shape index (κ2) is 6.00. The summed E-state index contributed by atoms with van der Waals surface area (Å²) < 4.78 is 0. The smallest absolute Gasteiger partial charge is 0.0264 e. The summed E-state index contributed by atoms with van der Waals surface area (Å²) in [6.07, 6.45) is 4.28. The summed E-state index contributed by atoms with van der Waals surface area (Å²) in [5.74, 6) is 0. The van der Waals surface area contributed by atoms with Gasteiger partial charge in [0.15, 0.2) is 0 Å². The van der Waals surface area contributed by atoms with Crippen LogP contribution in [-0.4, -0.2) is 17.5 Å². The van der Waals surface area contributed by atoms with E-state index in [0.717, 1.165) is 11.3 Å². The fraction of sp³-hybridized carbons (Fsp3) is 1.00. The molecule has 0 aliphatic rings. The Hall–Kier alpha value is 0.430. The Labute approximate surface area is 73.5 Å². The van der Waals surface area contributed by atoms with Crippen molar-refractivity contribution in [1.82, 2.24) is 0 Å². The molecule has 1 heteroatoms. The topological polar surface area (TPSA) is 0 Å². The van der Waals surface area contributed by atoms with Crippen LogP contribution in [0.5, 0.6) is 0 Å². The van der Waals surface area contributed by atoms with Crippen LogP contribution in [0.15, 0.2) is 0 Å². The van der Waals surface area contributed by atoms with E-state index in [0.29, 0.717) is 7.92 Å². The van der Waals surface area contributed by atoms with Crippen LogP contribution in [0.4, 0.5) is 0 Å². The van der Waals surface area contributed by atoms with Crippen molar-refractivity contribution in [3.8, 4) is 0 Å². The maximum Gasteiger partial charge on any atom is -0.0264 e. The molecule has 11 heavy (non-hydrogen) atoms. The molecule has 0 aliphatic carbocycles. The normalized spacial score (nSPS) is 12.0. The van der Waals surface area contributed by atoms with Gasteiger partial charge in [0.1, 0.15) is 0 Å². The molecule has 0 atom stereocenters. The molecular formula is C10H23P. The Kier molecular flexibility index (Phi) is 6.24. The summed E-state index contributed by atoms with van der Waals surface area (Å²) in [5.41, 5.74) is 1.85. The monoisotopic (exact) mass is 174 g/mol. The second-order valence-corrected chi connectivity index (χ2v) is 7.32. The first-order valence-corrected chi connectivity index (χ1v) is 6.51. The van der Waals surface area contributed by atoms with Crippen LogP contribution in [0, 0.1) is 0 Å². The highest BCUT2D eigenvalue weighted by molar-refractivity contribution is 7.59. The fourth-order valence-electron chi connectivity index (χ4n) is 1.45. The molecule has 0 rings (SSSR count). The van der Waals surface area contributed by atoms with Crippen molar-refractivity contribution in [2.75, 3.05) is 6.16 Å². The molecule has 0 nitrogen and oxygen atoms in total. The lowest BCUT2D eigenvalue weighted by Crippen LogP contribution is -2.06. The van der Waals surface area contributed by atoms with Crippen molar-refractivity contribution in [2.45, 2.75) is 58.8 Å². The molecule has 0 aliphatic heterocycles. The molecule has 0 aromatic carbocycles. The molecule has 0 heterocycles. The third-order valence-corrected chi connectivity index (χ3v) is 5.58. The largest absolute Gasteiger partial charge is 0.101 e. The van der Waals surface area contributed by atoms with Gasteiger partial charge in [-0.15, -0.1) is 7.92 Å². The Morgan fingerprint density at radius 3 is 1.73 bits per heavy atom. The Morgan fingerprint density at radius 2 is 1.45 bits per heavy atom. The summed E-state index contributed by atoms with van der Waals surface area (Å²) in [6, 6.07) is 0. The van der Waals surface area contributed by atoms with Crippen molar-refractivity contribution >= 4 is 7.92 Å². The van der Waals surface area contributed by atoms with Crippen LogP contribution in [0.1, 0.15) is 47.5 Å². The van der Waals surface area contributed by atoms with Gasteiger partial charge in [0.05, 0.1) is 0 Å². The highest BCUT2D eigenvalue weighted by Gasteiger charge is 2.14. The van der Waals surface area contributed by atoms with Crippen LogP contribution in [0.3, 0.4) is 0 Å². The molecule has 0 bridgehead atoms. The molecule has 0 aromatic heterocycles. The lowest BCUT2D eigenvalue weighted by atomic mass is 10.4. The van der Waals surface area contributed by atoms with E-state index in [2.05, 4.69) is 34.6 Å². The molecule has 0 radical (unpaired) electrons. The summed E-state index contributed by atoms with van der Waals surface area (Å²) in [7, 11) is 0.315. The summed E-state index contributed by atoms with van der Waals surface area (Å²) >= 11 is 0. The standard InChI is InChI=1S/C10H23P/c1-6-7-8-11(9(2)3)10(4)5/h9-10H,6-8H2,1-5H3. The minimum atomic E-state index is 0.315. The van der Waals surface area contributed by atoms with E-state index in [1.54, 1.807) is 0 Å². The lowest BCUT2D eigenvalue weighted by molar-refractivity contribution is 0.872. The first kappa shape index (κ1) is 11.4. The minimum Gasteiger partial charge on any atom is -0.101 e. The highest BCUT2D eigenvalue weighted by Crippen LogP contribution is 2.46. The molecular weight excluding hydrogens is 151 g/mol. The molecule has 0 aromatic rings. The third kappa shape index (κ3) is 4.80. The van der Waals surface area contributed by atoms with E-state index >= 15 is 0 Å². The van der Waals surface area contributed by atoms with Crippen molar-refractivity contribution in [3.63, 3.8) is 0 Å². The van der Waals surface area contributed by atoms with Crippen molar-refractivity contribution in [3.05, 3.63) is 0 Å². The minimum absolute atomic E-state index is 0.315. The van der Waals surface area contributed by atoms with Crippen molar-refractivity contribution in [2.24, 2.45) is 0 Å². The van der Waals surface area contributed by atoms with Crippen LogP contribution >= 0.6 is 7.92 Å². The number of hydrogen-bond donors (Lipinski definition) is 0. The molecule has 68 valence electrons. The molecule has 0 N–H and O–H groups in total. The first-order chi connectivity index (χ1) is 5.09. The van der Waals surface area contributed by atoms with E-state index in [4.69, 9.17) is 0 Å². The zero-order valence-electron chi connectivity index (χ0n) is 8.72. The summed E-state index contributed by atoms with van der Waals surface area (Å²) in [4.78, 5) is 0. The third-order valence-electron chi connectivity index (χ3n) is 2.10. The van der Waals surface area contributed by atoms with Gasteiger partial charge in [-0.25, -0.2) is 0 Å². The summed E-state index contributed by atoms with van der Waals surface area (Å²) in [5, 5.41) is 0. The molecule has 0 amide bonds. The Balaban J connectivity index is 3.70. The second-order valence-electron chi connectivity index (χ2n) is 3.78. The van der Waals surface area contributed by atoms with E-state index in [1.807, 2.05) is 0 Å². The first-order valence-electron chi connectivity index (χ1n) is 4.85. The predicted octanol–water partition coefficient (Wildman–Crippen LogP) is 4.09. The van der Waals surface area contributed by atoms with Crippen molar-refractivity contribution in [1.29, 1.82) is 0 Å². The molecule has 0 unspecified atom stereocenters. The zero-order chi connectivity index (χ0) is 8.85. The Bertz CT molecular complexity index is 78.9. The van der Waals surface area contributed by atoms with Gasteiger partial charge in [-0.2, -0.15) is 0 Å². The molecule has 0 spiro atoms. The van der Waals surface area contributed by atoms with Crippen LogP contribution in [0.25, 0.3) is 0 Å². The maximum absolute atomic E-state index is 2.38. The van der Waals surface area contributed by atoms with E-state index in [1.165, 1.54) is 19.0 Å². The van der Waals surface area contributed by atoms with E-state index in [9.17, 15) is 0 Å². The van der Waals surface area contributed by atoms with Gasteiger partial charge in [0.2, 0.25) is 0 Å². The predicted molar refractivity (Wildman–Crippen MR) is 57.0 cm³/mol. The number of rotatable bonds is 5. The highest BCUT2D eigenvalue weighted by atomic mass is 31.1. The van der Waals surface area contributed by atoms with Crippen LogP contribution in [0.2, 0.25) is 0 Å². The van der Waals surface area contributed by atoms with Gasteiger partial charge in [-0.05, 0) is 23.9 Å². The average molecular weight is 174 g/mol. The number of hydrogen-bond acceptors (Lipinski definition) is 0. The van der Waals surface area contributed by atoms with Crippen LogP contribution < -0.4 is 0 Å². The van der Waals surface area contributed by atoms with Crippen LogP contribution in [-0.2, 0) is 0 Å². The summed E-state index contributed by atoms with van der Waals surface area (Å²) in [6.45, 7) is 11.8. The van der Waals surface area contributed by atoms with Gasteiger partial charge in [-0.1, -0.05) is 41.0 Å². The van der Waals surface area contributed by atoms with Gasteiger partial charge < -0.3 is 0 Å². The fourth-order valence-corrected chi connectivity index (χ4v) is 4.36. The van der Waals surface area contributed by atoms with Gasteiger partial charge in [0, 0.05) is 0 Å². The van der Waals surface area contributed by atoms with E-state index in [-0.39, 0.29) is 0 Å². The molecule has 0 saturated carbocycles. The van der Waals surface area contributed by atoms with Crippen molar-refractivity contribution < 1.29 is 0 Å². The quantitative estimate of drug-likeness (QED) is 0.551. The number of unbranched alkanes of at least 4 members (excludes halogenated alkanes) is 1.